The molecule has 1 amide bonds. The van der Waals surface area contributed by atoms with E-state index in [1.54, 1.807) is 20.4 Å². The Kier molecular flexibility index (Phi) is 5.41. The van der Waals surface area contributed by atoms with Gasteiger partial charge >= 0.3 is 0 Å². The summed E-state index contributed by atoms with van der Waals surface area (Å²) in [6, 6.07) is 4.20. The number of pyridine rings is 1. The number of carbonyl (C=O) groups is 1. The molecule has 0 aromatic carbocycles. The summed E-state index contributed by atoms with van der Waals surface area (Å²) in [4.78, 5) is 18.2. The van der Waals surface area contributed by atoms with E-state index in [1.165, 1.54) is 6.42 Å². The minimum absolute atomic E-state index is 0.308. The molecular weight excluding hydrogens is 318 g/mol. The van der Waals surface area contributed by atoms with E-state index < -0.39 is 5.91 Å². The number of fused-ring (bicyclic) bond motifs is 2. The lowest BCUT2D eigenvalue weighted by atomic mass is 9.62. The minimum Gasteiger partial charge on any atom is -0.383 e. The molecule has 0 radical (unpaired) electrons. The molecule has 2 aliphatic rings. The maximum absolute atomic E-state index is 11.6. The fourth-order valence-corrected chi connectivity index (χ4v) is 4.90. The molecule has 138 valence electrons. The summed E-state index contributed by atoms with van der Waals surface area (Å²) in [5.74, 6) is 0.268. The van der Waals surface area contributed by atoms with Gasteiger partial charge in [-0.05, 0) is 37.5 Å². The summed E-state index contributed by atoms with van der Waals surface area (Å²) in [7, 11) is 3.55. The highest BCUT2D eigenvalue weighted by atomic mass is 16.5. The van der Waals surface area contributed by atoms with Crippen LogP contribution in [0, 0.1) is 11.8 Å². The molecule has 1 saturated carbocycles. The summed E-state index contributed by atoms with van der Waals surface area (Å²) in [5.41, 5.74) is 6.42. The lowest BCUT2D eigenvalue weighted by molar-refractivity contribution is -0.175. The van der Waals surface area contributed by atoms with Gasteiger partial charge in [0.15, 0.2) is 0 Å². The van der Waals surface area contributed by atoms with Crippen LogP contribution in [0.15, 0.2) is 18.3 Å². The highest BCUT2D eigenvalue weighted by Gasteiger charge is 2.53. The number of hydrogen-bond donors (Lipinski definition) is 1. The number of carbonyl (C=O) groups excluding carboxylic acids is 1. The number of rotatable bonds is 6. The molecule has 2 fully saturated rings. The zero-order valence-electron chi connectivity index (χ0n) is 15.4. The first-order chi connectivity index (χ1) is 12.0. The van der Waals surface area contributed by atoms with Gasteiger partial charge in [0.05, 0.1) is 6.61 Å². The first-order valence-corrected chi connectivity index (χ1v) is 9.07. The summed E-state index contributed by atoms with van der Waals surface area (Å²) in [6.45, 7) is 4.91. The van der Waals surface area contributed by atoms with Crippen LogP contribution in [-0.2, 0) is 15.1 Å². The van der Waals surface area contributed by atoms with Gasteiger partial charge in [-0.3, -0.25) is 14.7 Å². The molecule has 2 N–H and O–H groups in total. The molecule has 0 spiro atoms. The second kappa shape index (κ2) is 7.40. The molecule has 4 atom stereocenters. The van der Waals surface area contributed by atoms with Crippen LogP contribution in [0.3, 0.4) is 0 Å². The third kappa shape index (κ3) is 3.18. The van der Waals surface area contributed by atoms with Gasteiger partial charge in [-0.2, -0.15) is 0 Å². The number of likely N-dealkylation sites (tertiary alicyclic amines) is 1. The maximum Gasteiger partial charge on any atom is 0.267 e. The first kappa shape index (κ1) is 18.3. The van der Waals surface area contributed by atoms with Crippen LogP contribution in [0.2, 0.25) is 0 Å². The Labute approximate surface area is 149 Å². The third-order valence-corrected chi connectivity index (χ3v) is 6.06. The van der Waals surface area contributed by atoms with Crippen molar-refractivity contribution in [1.29, 1.82) is 0 Å². The number of amides is 1. The molecule has 1 unspecified atom stereocenters. The Morgan fingerprint density at radius 1 is 1.40 bits per heavy atom. The van der Waals surface area contributed by atoms with Crippen LogP contribution >= 0.6 is 0 Å². The number of aromatic nitrogens is 1. The van der Waals surface area contributed by atoms with Crippen LogP contribution < -0.4 is 5.73 Å². The molecule has 25 heavy (non-hydrogen) atoms. The van der Waals surface area contributed by atoms with Gasteiger partial charge in [0, 0.05) is 51.4 Å². The summed E-state index contributed by atoms with van der Waals surface area (Å²) in [5, 5.41) is 0. The Hall–Kier alpha value is -1.50. The Morgan fingerprint density at radius 3 is 2.64 bits per heavy atom. The second-order valence-corrected chi connectivity index (χ2v) is 7.37. The van der Waals surface area contributed by atoms with Gasteiger partial charge in [-0.1, -0.05) is 6.42 Å². The smallest absolute Gasteiger partial charge is 0.267 e. The van der Waals surface area contributed by atoms with Crippen molar-refractivity contribution in [2.24, 2.45) is 17.6 Å². The molecule has 6 heteroatoms. The first-order valence-electron chi connectivity index (χ1n) is 9.07. The van der Waals surface area contributed by atoms with E-state index in [1.807, 2.05) is 12.1 Å². The fraction of sp³-hybridized carbons (Fsp3) is 0.684. The van der Waals surface area contributed by atoms with Gasteiger partial charge < -0.3 is 15.2 Å². The fourth-order valence-electron chi connectivity index (χ4n) is 4.90. The molecular formula is C19H29N3O3. The van der Waals surface area contributed by atoms with Crippen LogP contribution in [0.4, 0.5) is 0 Å². The van der Waals surface area contributed by atoms with E-state index in [0.717, 1.165) is 38.1 Å². The third-order valence-electron chi connectivity index (χ3n) is 6.06. The minimum atomic E-state index is -0.496. The normalized spacial score (nSPS) is 30.8. The Morgan fingerprint density at radius 2 is 2.08 bits per heavy atom. The molecule has 2 heterocycles. The predicted molar refractivity (Wildman–Crippen MR) is 95.2 cm³/mol. The summed E-state index contributed by atoms with van der Waals surface area (Å²) >= 11 is 0. The molecule has 1 aromatic rings. The molecule has 1 aromatic heterocycles. The maximum atomic E-state index is 11.6. The van der Waals surface area contributed by atoms with E-state index in [2.05, 4.69) is 16.8 Å². The topological polar surface area (TPSA) is 77.7 Å². The van der Waals surface area contributed by atoms with Gasteiger partial charge in [0.1, 0.15) is 11.3 Å². The lowest BCUT2D eigenvalue weighted by Crippen LogP contribution is -2.61. The standard InChI is InChI=1S/C19H29N3O3/c1-13(12-24-2)22-10-15-5-4-6-16(11-22)19(15,25-3)14-7-8-21-17(9-14)18(20)23/h7-9,13,15-16H,4-6,10-12H2,1-3H3,(H2,20,23)/t13-,15-,16+,19?/m0/s1. The zero-order chi connectivity index (χ0) is 18.0. The Balaban J connectivity index is 1.96. The van der Waals surface area contributed by atoms with E-state index >= 15 is 0 Å². The monoisotopic (exact) mass is 347 g/mol. The van der Waals surface area contributed by atoms with Gasteiger partial charge in [0.25, 0.3) is 5.91 Å². The highest BCUT2D eigenvalue weighted by molar-refractivity contribution is 5.90. The number of nitrogens with zero attached hydrogens (tertiary/aromatic N) is 2. The Bertz CT molecular complexity index is 608. The summed E-state index contributed by atoms with van der Waals surface area (Å²) < 4.78 is 11.6. The molecule has 6 nitrogen and oxygen atoms in total. The number of methoxy groups -OCH3 is 2. The van der Waals surface area contributed by atoms with Crippen molar-refractivity contribution in [1.82, 2.24) is 9.88 Å². The predicted octanol–water partition coefficient (Wildman–Crippen LogP) is 1.79. The average Bonchev–Trinajstić information content (AvgIpc) is 2.60. The molecule has 2 bridgehead atoms. The molecule has 3 rings (SSSR count). The molecule has 1 aliphatic heterocycles. The number of ether oxygens (including phenoxy) is 2. The molecule has 1 aliphatic carbocycles. The van der Waals surface area contributed by atoms with Crippen LogP contribution in [0.25, 0.3) is 0 Å². The van der Waals surface area contributed by atoms with Crippen molar-refractivity contribution in [3.05, 3.63) is 29.6 Å². The van der Waals surface area contributed by atoms with Crippen molar-refractivity contribution in [3.63, 3.8) is 0 Å². The number of hydrogen-bond acceptors (Lipinski definition) is 5. The van der Waals surface area contributed by atoms with Crippen molar-refractivity contribution in [2.75, 3.05) is 33.9 Å². The van der Waals surface area contributed by atoms with Crippen LogP contribution in [0.1, 0.15) is 42.2 Å². The van der Waals surface area contributed by atoms with Crippen molar-refractivity contribution >= 4 is 5.91 Å². The van der Waals surface area contributed by atoms with Gasteiger partial charge in [-0.15, -0.1) is 0 Å². The van der Waals surface area contributed by atoms with Crippen molar-refractivity contribution in [2.45, 2.75) is 37.8 Å². The van der Waals surface area contributed by atoms with Crippen molar-refractivity contribution in [3.8, 4) is 0 Å². The number of nitrogens with two attached hydrogens (primary N) is 1. The lowest BCUT2D eigenvalue weighted by Gasteiger charge is -2.56. The van der Waals surface area contributed by atoms with Crippen LogP contribution in [0.5, 0.6) is 0 Å². The van der Waals surface area contributed by atoms with Gasteiger partial charge in [-0.25, -0.2) is 0 Å². The van der Waals surface area contributed by atoms with E-state index in [0.29, 0.717) is 23.6 Å². The average molecular weight is 347 g/mol. The molecule has 1 saturated heterocycles. The quantitative estimate of drug-likeness (QED) is 0.849. The van der Waals surface area contributed by atoms with Crippen molar-refractivity contribution < 1.29 is 14.3 Å². The number of piperidine rings is 1. The van der Waals surface area contributed by atoms with E-state index in [9.17, 15) is 4.79 Å². The largest absolute Gasteiger partial charge is 0.383 e. The zero-order valence-corrected chi connectivity index (χ0v) is 15.4. The summed E-state index contributed by atoms with van der Waals surface area (Å²) in [6.07, 6.45) is 5.14. The second-order valence-electron chi connectivity index (χ2n) is 7.37. The van der Waals surface area contributed by atoms with Crippen LogP contribution in [-0.4, -0.2) is 55.7 Å². The number of primary amides is 1. The van der Waals surface area contributed by atoms with Gasteiger partial charge in [0.2, 0.25) is 0 Å². The van der Waals surface area contributed by atoms with E-state index in [-0.39, 0.29) is 5.60 Å². The van der Waals surface area contributed by atoms with E-state index in [4.69, 9.17) is 15.2 Å². The highest BCUT2D eigenvalue weighted by Crippen LogP contribution is 2.51. The SMILES string of the molecule is COC[C@H](C)N1C[C@H]2CCC[C@@H](C1)C2(OC)c1ccnc(C(N)=O)c1.